The first-order valence-electron chi connectivity index (χ1n) is 10.2. The number of carboxylic acid groups (broad SMARTS) is 1. The molecule has 7 nitrogen and oxygen atoms in total. The van der Waals surface area contributed by atoms with E-state index in [0.717, 1.165) is 22.3 Å². The quantitative estimate of drug-likeness (QED) is 0.488. The zero-order valence-electron chi connectivity index (χ0n) is 17.4. The Balaban J connectivity index is 1.28. The third-order valence-corrected chi connectivity index (χ3v) is 6.15. The highest BCUT2D eigenvalue weighted by Gasteiger charge is 2.29. The molecule has 1 unspecified atom stereocenters. The van der Waals surface area contributed by atoms with Crippen molar-refractivity contribution in [2.45, 2.75) is 12.0 Å². The van der Waals surface area contributed by atoms with Crippen molar-refractivity contribution in [3.63, 3.8) is 0 Å². The van der Waals surface area contributed by atoms with Crippen molar-refractivity contribution in [3.05, 3.63) is 82.0 Å². The number of rotatable bonds is 6. The molecule has 0 aliphatic heterocycles. The van der Waals surface area contributed by atoms with Crippen LogP contribution < -0.4 is 10.6 Å². The number of benzene rings is 2. The van der Waals surface area contributed by atoms with Gasteiger partial charge in [-0.15, -0.1) is 11.3 Å². The van der Waals surface area contributed by atoms with E-state index < -0.39 is 24.0 Å². The molecule has 0 radical (unpaired) electrons. The molecular formula is C25H20N2O5S. The molecule has 2 aromatic carbocycles. The fourth-order valence-electron chi connectivity index (χ4n) is 3.77. The van der Waals surface area contributed by atoms with Crippen molar-refractivity contribution >= 4 is 29.3 Å². The Kier molecular flexibility index (Phi) is 6.72. The summed E-state index contributed by atoms with van der Waals surface area (Å²) in [5, 5.41) is 15.8. The number of aliphatic carboxylic acids is 1. The number of carboxylic acids is 1. The highest BCUT2D eigenvalue weighted by Crippen LogP contribution is 2.44. The van der Waals surface area contributed by atoms with Crippen LogP contribution in [0, 0.1) is 11.8 Å². The molecule has 0 spiro atoms. The maximum absolute atomic E-state index is 12.1. The van der Waals surface area contributed by atoms with E-state index in [0.29, 0.717) is 4.88 Å². The normalized spacial score (nSPS) is 12.5. The molecule has 0 saturated carbocycles. The molecule has 3 aromatic rings. The highest BCUT2D eigenvalue weighted by molar-refractivity contribution is 7.10. The van der Waals surface area contributed by atoms with Crippen molar-refractivity contribution in [2.24, 2.45) is 0 Å². The fourth-order valence-corrected chi connectivity index (χ4v) is 4.53. The Morgan fingerprint density at radius 2 is 1.67 bits per heavy atom. The summed E-state index contributed by atoms with van der Waals surface area (Å²) < 4.78 is 5.40. The van der Waals surface area contributed by atoms with Gasteiger partial charge in [-0.05, 0) is 39.6 Å². The average molecular weight is 461 g/mol. The Hall–Kier alpha value is -4.09. The minimum absolute atomic E-state index is 0.0507. The van der Waals surface area contributed by atoms with Gasteiger partial charge in [-0.2, -0.15) is 0 Å². The molecule has 1 heterocycles. The van der Waals surface area contributed by atoms with Crippen molar-refractivity contribution in [1.82, 2.24) is 10.6 Å². The zero-order valence-corrected chi connectivity index (χ0v) is 18.2. The van der Waals surface area contributed by atoms with Crippen molar-refractivity contribution < 1.29 is 24.2 Å². The summed E-state index contributed by atoms with van der Waals surface area (Å²) in [6.45, 7) is 0.0652. The number of carbonyl (C=O) groups excluding carboxylic acids is 2. The molecule has 0 saturated heterocycles. The molecule has 0 fully saturated rings. The molecule has 4 rings (SSSR count). The molecule has 166 valence electrons. The van der Waals surface area contributed by atoms with Crippen LogP contribution in [0.25, 0.3) is 11.1 Å². The van der Waals surface area contributed by atoms with Gasteiger partial charge in [0.15, 0.2) is 6.04 Å². The van der Waals surface area contributed by atoms with Crippen LogP contribution in [0.1, 0.15) is 28.0 Å². The lowest BCUT2D eigenvalue weighted by molar-refractivity contribution is -0.141. The standard InChI is InChI=1S/C25H20N2O5S/c28-22(27-23(24(29)30)21-11-6-14-33-21)12-5-13-26-25(31)32-15-20-18-9-3-1-7-16(18)17-8-2-4-10-19(17)20/h1-4,6-11,14,20,23H,13,15H2,(H,26,31)(H,27,28)(H,29,30). The second-order valence-corrected chi connectivity index (χ2v) is 8.22. The molecule has 1 aliphatic rings. The first kappa shape index (κ1) is 22.1. The van der Waals surface area contributed by atoms with Crippen LogP contribution >= 0.6 is 11.3 Å². The molecule has 1 atom stereocenters. The fraction of sp³-hybridized carbons (Fsp3) is 0.160. The van der Waals surface area contributed by atoms with Gasteiger partial charge in [-0.3, -0.25) is 4.79 Å². The number of carbonyl (C=O) groups is 3. The number of hydrogen-bond donors (Lipinski definition) is 3. The number of ether oxygens (including phenoxy) is 1. The summed E-state index contributed by atoms with van der Waals surface area (Å²) in [6, 6.07) is 18.2. The van der Waals surface area contributed by atoms with E-state index >= 15 is 0 Å². The molecule has 2 amide bonds. The van der Waals surface area contributed by atoms with Crippen LogP contribution in [0.15, 0.2) is 66.0 Å². The molecule has 1 aliphatic carbocycles. The predicted molar refractivity (Wildman–Crippen MR) is 124 cm³/mol. The van der Waals surface area contributed by atoms with Gasteiger partial charge < -0.3 is 20.5 Å². The number of alkyl carbamates (subject to hydrolysis) is 1. The van der Waals surface area contributed by atoms with Crippen LogP contribution in [-0.4, -0.2) is 36.2 Å². The number of hydrogen-bond acceptors (Lipinski definition) is 5. The summed E-state index contributed by atoms with van der Waals surface area (Å²) in [4.78, 5) is 35.9. The van der Waals surface area contributed by atoms with E-state index in [-0.39, 0.29) is 19.1 Å². The highest BCUT2D eigenvalue weighted by atomic mass is 32.1. The monoisotopic (exact) mass is 460 g/mol. The first-order valence-corrected chi connectivity index (χ1v) is 11.1. The van der Waals surface area contributed by atoms with Gasteiger partial charge in [-0.25, -0.2) is 9.59 Å². The average Bonchev–Trinajstić information content (AvgIpc) is 3.45. The SMILES string of the molecule is O=C(C#CCNC(=O)OCC1c2ccccc2-c2ccccc21)NC(C(=O)O)c1cccs1. The molecule has 8 heteroatoms. The molecule has 1 aromatic heterocycles. The molecule has 3 N–H and O–H groups in total. The van der Waals surface area contributed by atoms with Gasteiger partial charge in [0.25, 0.3) is 5.91 Å². The smallest absolute Gasteiger partial charge is 0.407 e. The summed E-state index contributed by atoms with van der Waals surface area (Å²) in [5.41, 5.74) is 4.51. The summed E-state index contributed by atoms with van der Waals surface area (Å²) >= 11 is 1.22. The minimum atomic E-state index is -1.18. The van der Waals surface area contributed by atoms with Crippen LogP contribution in [0.2, 0.25) is 0 Å². The van der Waals surface area contributed by atoms with Gasteiger partial charge in [0.2, 0.25) is 0 Å². The van der Waals surface area contributed by atoms with E-state index in [4.69, 9.17) is 4.74 Å². The lowest BCUT2D eigenvalue weighted by atomic mass is 9.98. The maximum atomic E-state index is 12.1. The van der Waals surface area contributed by atoms with Crippen LogP contribution in [0.3, 0.4) is 0 Å². The topological polar surface area (TPSA) is 105 Å². The third-order valence-electron chi connectivity index (χ3n) is 5.22. The van der Waals surface area contributed by atoms with Gasteiger partial charge in [-0.1, -0.05) is 60.5 Å². The molecular weight excluding hydrogens is 440 g/mol. The van der Waals surface area contributed by atoms with Crippen LogP contribution in [-0.2, 0) is 14.3 Å². The van der Waals surface area contributed by atoms with Crippen molar-refractivity contribution in [1.29, 1.82) is 0 Å². The number of amides is 2. The number of thiophene rings is 1. The van der Waals surface area contributed by atoms with E-state index in [9.17, 15) is 19.5 Å². The Morgan fingerprint density at radius 3 is 2.27 bits per heavy atom. The largest absolute Gasteiger partial charge is 0.479 e. The summed E-state index contributed by atoms with van der Waals surface area (Å²) in [6.07, 6.45) is -0.645. The van der Waals surface area contributed by atoms with Crippen molar-refractivity contribution in [3.8, 4) is 23.0 Å². The van der Waals surface area contributed by atoms with Crippen LogP contribution in [0.5, 0.6) is 0 Å². The Bertz CT molecular complexity index is 1200. The Morgan fingerprint density at radius 1 is 1.00 bits per heavy atom. The zero-order chi connectivity index (χ0) is 23.2. The summed E-state index contributed by atoms with van der Waals surface area (Å²) in [5.74, 6) is 2.81. The van der Waals surface area contributed by atoms with Gasteiger partial charge in [0.05, 0.1) is 6.54 Å². The molecule has 0 bridgehead atoms. The van der Waals surface area contributed by atoms with Gasteiger partial charge in [0, 0.05) is 10.8 Å². The lowest BCUT2D eigenvalue weighted by Crippen LogP contribution is -2.32. The number of nitrogens with one attached hydrogen (secondary N) is 2. The van der Waals surface area contributed by atoms with Gasteiger partial charge in [0.1, 0.15) is 6.61 Å². The second-order valence-electron chi connectivity index (χ2n) is 7.24. The lowest BCUT2D eigenvalue weighted by Gasteiger charge is -2.14. The second kappa shape index (κ2) is 10.0. The van der Waals surface area contributed by atoms with E-state index in [2.05, 4.69) is 34.6 Å². The van der Waals surface area contributed by atoms with Gasteiger partial charge >= 0.3 is 12.1 Å². The van der Waals surface area contributed by atoms with E-state index in [1.54, 1.807) is 17.5 Å². The Labute approximate surface area is 194 Å². The maximum Gasteiger partial charge on any atom is 0.407 e. The van der Waals surface area contributed by atoms with Crippen molar-refractivity contribution in [2.75, 3.05) is 13.2 Å². The first-order chi connectivity index (χ1) is 16.0. The molecule has 33 heavy (non-hydrogen) atoms. The third kappa shape index (κ3) is 5.05. The van der Waals surface area contributed by atoms with E-state index in [1.165, 1.54) is 11.3 Å². The minimum Gasteiger partial charge on any atom is -0.479 e. The van der Waals surface area contributed by atoms with Crippen LogP contribution in [0.4, 0.5) is 4.79 Å². The van der Waals surface area contributed by atoms with E-state index in [1.807, 2.05) is 36.4 Å². The number of fused-ring (bicyclic) bond motifs is 3. The summed E-state index contributed by atoms with van der Waals surface area (Å²) in [7, 11) is 0. The predicted octanol–water partition coefficient (Wildman–Crippen LogP) is 3.53.